The fraction of sp³-hybridized carbons (Fsp3) is 0.312. The number of carbonyl (C=O) groups excluding carboxylic acids is 1. The van der Waals surface area contributed by atoms with Gasteiger partial charge in [-0.3, -0.25) is 9.69 Å². The zero-order valence-electron chi connectivity index (χ0n) is 12.8. The normalized spacial score (nSPS) is 14.6. The van der Waals surface area contributed by atoms with Crippen LogP contribution in [0, 0.1) is 0 Å². The zero-order chi connectivity index (χ0) is 15.9. The molecule has 0 unspecified atom stereocenters. The molecular formula is C16H17N3O3. The third-order valence-corrected chi connectivity index (χ3v) is 3.85. The molecule has 3 rings (SSSR count). The molecule has 0 aliphatic carbocycles. The lowest BCUT2D eigenvalue weighted by atomic mass is 10.1. The van der Waals surface area contributed by atoms with Crippen molar-refractivity contribution in [3.05, 3.63) is 53.7 Å². The molecule has 2 heterocycles. The van der Waals surface area contributed by atoms with E-state index in [1.165, 1.54) is 0 Å². The van der Waals surface area contributed by atoms with Crippen molar-refractivity contribution in [3.63, 3.8) is 0 Å². The standard InChI is InChI=1S/C16H17N3O3/c1-10-11-7-5-6-8-12(11)14(20)19(10)9-13-17-15(18-22-13)16(2,3)21-4/h5-8H,1,9H2,2-4H3. The summed E-state index contributed by atoms with van der Waals surface area (Å²) in [6.45, 7) is 7.87. The maximum Gasteiger partial charge on any atom is 0.259 e. The first kappa shape index (κ1) is 14.5. The van der Waals surface area contributed by atoms with Gasteiger partial charge in [0.15, 0.2) is 0 Å². The highest BCUT2D eigenvalue weighted by Gasteiger charge is 2.33. The Balaban J connectivity index is 1.84. The van der Waals surface area contributed by atoms with Gasteiger partial charge in [0.25, 0.3) is 5.91 Å². The monoisotopic (exact) mass is 299 g/mol. The number of carbonyl (C=O) groups is 1. The maximum absolute atomic E-state index is 12.4. The molecule has 1 aromatic carbocycles. The average Bonchev–Trinajstić information content (AvgIpc) is 3.08. The summed E-state index contributed by atoms with van der Waals surface area (Å²) in [6, 6.07) is 7.38. The lowest BCUT2D eigenvalue weighted by Crippen LogP contribution is -2.23. The highest BCUT2D eigenvalue weighted by molar-refractivity contribution is 6.08. The Bertz CT molecular complexity index is 714. The molecule has 0 N–H and O–H groups in total. The molecule has 114 valence electrons. The fourth-order valence-corrected chi connectivity index (χ4v) is 2.29. The van der Waals surface area contributed by atoms with E-state index < -0.39 is 5.60 Å². The van der Waals surface area contributed by atoms with Crippen molar-refractivity contribution in [2.24, 2.45) is 0 Å². The largest absolute Gasteiger partial charge is 0.371 e. The third-order valence-electron chi connectivity index (χ3n) is 3.85. The second kappa shape index (κ2) is 5.06. The van der Waals surface area contributed by atoms with Crippen molar-refractivity contribution in [2.75, 3.05) is 7.11 Å². The van der Waals surface area contributed by atoms with E-state index in [2.05, 4.69) is 16.7 Å². The molecule has 0 saturated carbocycles. The summed E-state index contributed by atoms with van der Waals surface area (Å²) in [5.74, 6) is 0.688. The van der Waals surface area contributed by atoms with Crippen molar-refractivity contribution in [2.45, 2.75) is 26.0 Å². The molecule has 0 atom stereocenters. The van der Waals surface area contributed by atoms with Crippen LogP contribution in [-0.4, -0.2) is 28.1 Å². The quantitative estimate of drug-likeness (QED) is 0.868. The van der Waals surface area contributed by atoms with E-state index in [0.717, 1.165) is 5.56 Å². The summed E-state index contributed by atoms with van der Waals surface area (Å²) in [7, 11) is 1.58. The molecule has 1 amide bonds. The molecule has 1 aromatic heterocycles. The maximum atomic E-state index is 12.4. The summed E-state index contributed by atoms with van der Waals surface area (Å²) in [5, 5.41) is 3.92. The van der Waals surface area contributed by atoms with E-state index in [-0.39, 0.29) is 12.5 Å². The molecule has 0 radical (unpaired) electrons. The number of benzene rings is 1. The van der Waals surface area contributed by atoms with Crippen molar-refractivity contribution in [3.8, 4) is 0 Å². The Hall–Kier alpha value is -2.47. The molecule has 0 saturated heterocycles. The first-order chi connectivity index (χ1) is 10.4. The van der Waals surface area contributed by atoms with Gasteiger partial charge in [0.2, 0.25) is 11.7 Å². The van der Waals surface area contributed by atoms with Gasteiger partial charge in [-0.2, -0.15) is 4.98 Å². The van der Waals surface area contributed by atoms with Crippen LogP contribution in [0.2, 0.25) is 0 Å². The van der Waals surface area contributed by atoms with Gasteiger partial charge >= 0.3 is 0 Å². The molecule has 2 aromatic rings. The van der Waals surface area contributed by atoms with Crippen LogP contribution >= 0.6 is 0 Å². The van der Waals surface area contributed by atoms with Gasteiger partial charge in [0.1, 0.15) is 12.1 Å². The number of nitrogens with zero attached hydrogens (tertiary/aromatic N) is 3. The van der Waals surface area contributed by atoms with E-state index in [1.807, 2.05) is 32.0 Å². The predicted molar refractivity (Wildman–Crippen MR) is 79.7 cm³/mol. The highest BCUT2D eigenvalue weighted by Crippen LogP contribution is 2.32. The minimum Gasteiger partial charge on any atom is -0.371 e. The Kier molecular flexibility index (Phi) is 3.33. The van der Waals surface area contributed by atoms with Crippen LogP contribution in [0.4, 0.5) is 0 Å². The van der Waals surface area contributed by atoms with E-state index in [9.17, 15) is 4.79 Å². The van der Waals surface area contributed by atoms with Gasteiger partial charge in [-0.15, -0.1) is 0 Å². The summed E-state index contributed by atoms with van der Waals surface area (Å²) in [5.41, 5.74) is 1.48. The van der Waals surface area contributed by atoms with Gasteiger partial charge in [0.05, 0.1) is 0 Å². The number of fused-ring (bicyclic) bond motifs is 1. The Morgan fingerprint density at radius 3 is 2.64 bits per heavy atom. The minimum absolute atomic E-state index is 0.105. The topological polar surface area (TPSA) is 68.5 Å². The first-order valence-corrected chi connectivity index (χ1v) is 6.92. The summed E-state index contributed by atoms with van der Waals surface area (Å²) in [4.78, 5) is 18.3. The number of hydrogen-bond donors (Lipinski definition) is 0. The third kappa shape index (κ3) is 2.21. The van der Waals surface area contributed by atoms with Gasteiger partial charge < -0.3 is 9.26 Å². The fourth-order valence-electron chi connectivity index (χ4n) is 2.29. The van der Waals surface area contributed by atoms with Crippen LogP contribution in [0.25, 0.3) is 5.70 Å². The van der Waals surface area contributed by atoms with Crippen molar-refractivity contribution in [1.82, 2.24) is 15.0 Å². The predicted octanol–water partition coefficient (Wildman–Crippen LogP) is 2.58. The van der Waals surface area contributed by atoms with Gasteiger partial charge in [-0.05, 0) is 19.9 Å². The van der Waals surface area contributed by atoms with E-state index in [1.54, 1.807) is 18.1 Å². The lowest BCUT2D eigenvalue weighted by molar-refractivity contribution is 0.00973. The van der Waals surface area contributed by atoms with Crippen molar-refractivity contribution >= 4 is 11.6 Å². The second-order valence-corrected chi connectivity index (χ2v) is 5.61. The SMILES string of the molecule is C=C1c2ccccc2C(=O)N1Cc1nc(C(C)(C)OC)no1. The van der Waals surface area contributed by atoms with Gasteiger partial charge in [-0.25, -0.2) is 0 Å². The number of amides is 1. The Morgan fingerprint density at radius 2 is 2.00 bits per heavy atom. The zero-order valence-corrected chi connectivity index (χ0v) is 12.8. The first-order valence-electron chi connectivity index (χ1n) is 6.92. The molecule has 6 nitrogen and oxygen atoms in total. The molecule has 1 aliphatic rings. The molecular weight excluding hydrogens is 282 g/mol. The molecule has 0 bridgehead atoms. The number of ether oxygens (including phenoxy) is 1. The highest BCUT2D eigenvalue weighted by atomic mass is 16.5. The number of rotatable bonds is 4. The Labute approximate surface area is 128 Å². The average molecular weight is 299 g/mol. The summed E-state index contributed by atoms with van der Waals surface area (Å²) < 4.78 is 10.6. The van der Waals surface area contributed by atoms with E-state index >= 15 is 0 Å². The lowest BCUT2D eigenvalue weighted by Gasteiger charge is -2.17. The molecule has 0 fully saturated rings. The van der Waals surface area contributed by atoms with Gasteiger partial charge in [0, 0.05) is 23.9 Å². The van der Waals surface area contributed by atoms with Crippen molar-refractivity contribution < 1.29 is 14.1 Å². The van der Waals surface area contributed by atoms with Crippen molar-refractivity contribution in [1.29, 1.82) is 0 Å². The molecule has 6 heteroatoms. The summed E-state index contributed by atoms with van der Waals surface area (Å²) >= 11 is 0. The minimum atomic E-state index is -0.642. The Morgan fingerprint density at radius 1 is 1.32 bits per heavy atom. The van der Waals surface area contributed by atoms with Crippen LogP contribution in [-0.2, 0) is 16.9 Å². The van der Waals surface area contributed by atoms with E-state index in [0.29, 0.717) is 23.0 Å². The number of hydrogen-bond acceptors (Lipinski definition) is 5. The number of aromatic nitrogens is 2. The molecule has 1 aliphatic heterocycles. The van der Waals surface area contributed by atoms with Crippen LogP contribution in [0.3, 0.4) is 0 Å². The van der Waals surface area contributed by atoms with Gasteiger partial charge in [-0.1, -0.05) is 29.9 Å². The van der Waals surface area contributed by atoms with Crippen LogP contribution in [0.15, 0.2) is 35.4 Å². The number of methoxy groups -OCH3 is 1. The molecule has 0 spiro atoms. The van der Waals surface area contributed by atoms with E-state index in [4.69, 9.17) is 9.26 Å². The smallest absolute Gasteiger partial charge is 0.259 e. The molecule has 22 heavy (non-hydrogen) atoms. The van der Waals surface area contributed by atoms with Crippen LogP contribution in [0.5, 0.6) is 0 Å². The summed E-state index contributed by atoms with van der Waals surface area (Å²) in [6.07, 6.45) is 0. The van der Waals surface area contributed by atoms with Crippen LogP contribution < -0.4 is 0 Å². The second-order valence-electron chi connectivity index (χ2n) is 5.61. The van der Waals surface area contributed by atoms with Crippen LogP contribution in [0.1, 0.15) is 41.5 Å².